The van der Waals surface area contributed by atoms with Crippen molar-refractivity contribution < 1.29 is 9.66 Å². The molecule has 2 rings (SSSR count). The van der Waals surface area contributed by atoms with Crippen LogP contribution in [0.3, 0.4) is 0 Å². The molecule has 0 amide bonds. The van der Waals surface area contributed by atoms with Gasteiger partial charge in [-0.1, -0.05) is 28.1 Å². The first-order valence-electron chi connectivity index (χ1n) is 5.91. The van der Waals surface area contributed by atoms with Crippen LogP contribution in [0.4, 0.5) is 11.4 Å². The van der Waals surface area contributed by atoms with Crippen LogP contribution < -0.4 is 10.1 Å². The second-order valence-corrected chi connectivity index (χ2v) is 5.04. The van der Waals surface area contributed by atoms with Gasteiger partial charge in [0.05, 0.1) is 12.0 Å². The summed E-state index contributed by atoms with van der Waals surface area (Å²) in [5.41, 5.74) is 1.71. The molecule has 0 atom stereocenters. The normalized spacial score (nSPS) is 10.1. The van der Waals surface area contributed by atoms with Crippen molar-refractivity contribution in [1.82, 2.24) is 0 Å². The SMILES string of the molecule is COc1ccc(NCc2cccc(Br)c2)cc1[N+](=O)[O-]. The average molecular weight is 337 g/mol. The highest BCUT2D eigenvalue weighted by Gasteiger charge is 2.14. The van der Waals surface area contributed by atoms with E-state index in [9.17, 15) is 10.1 Å². The number of ether oxygens (including phenoxy) is 1. The highest BCUT2D eigenvalue weighted by Crippen LogP contribution is 2.29. The van der Waals surface area contributed by atoms with Crippen molar-refractivity contribution in [2.75, 3.05) is 12.4 Å². The Hall–Kier alpha value is -2.08. The quantitative estimate of drug-likeness (QED) is 0.662. The number of nitro groups is 1. The molecule has 5 nitrogen and oxygen atoms in total. The molecule has 2 aromatic rings. The van der Waals surface area contributed by atoms with Crippen molar-refractivity contribution in [3.63, 3.8) is 0 Å². The van der Waals surface area contributed by atoms with Crippen LogP contribution >= 0.6 is 15.9 Å². The van der Waals surface area contributed by atoms with Crippen LogP contribution in [0.2, 0.25) is 0 Å². The first kappa shape index (κ1) is 14.3. The van der Waals surface area contributed by atoms with Crippen molar-refractivity contribution in [2.24, 2.45) is 0 Å². The van der Waals surface area contributed by atoms with Crippen LogP contribution in [0.25, 0.3) is 0 Å². The molecular formula is C14H13BrN2O3. The Kier molecular flexibility index (Phi) is 4.57. The minimum absolute atomic E-state index is 0.0493. The molecule has 0 aliphatic rings. The van der Waals surface area contributed by atoms with Crippen molar-refractivity contribution >= 4 is 27.3 Å². The second-order valence-electron chi connectivity index (χ2n) is 4.13. The summed E-state index contributed by atoms with van der Waals surface area (Å²) in [5.74, 6) is 0.253. The molecule has 0 aliphatic carbocycles. The molecule has 0 bridgehead atoms. The highest BCUT2D eigenvalue weighted by atomic mass is 79.9. The number of nitrogens with one attached hydrogen (secondary N) is 1. The van der Waals surface area contributed by atoms with E-state index in [4.69, 9.17) is 4.74 Å². The van der Waals surface area contributed by atoms with Crippen LogP contribution in [0.15, 0.2) is 46.9 Å². The number of hydrogen-bond acceptors (Lipinski definition) is 4. The molecule has 0 spiro atoms. The molecule has 0 aromatic heterocycles. The van der Waals surface area contributed by atoms with Crippen molar-refractivity contribution in [3.8, 4) is 5.75 Å². The van der Waals surface area contributed by atoms with E-state index in [1.54, 1.807) is 12.1 Å². The van der Waals surface area contributed by atoms with Gasteiger partial charge in [-0.3, -0.25) is 10.1 Å². The topological polar surface area (TPSA) is 64.4 Å². The fraction of sp³-hybridized carbons (Fsp3) is 0.143. The van der Waals surface area contributed by atoms with Crippen molar-refractivity contribution in [3.05, 3.63) is 62.6 Å². The van der Waals surface area contributed by atoms with Gasteiger partial charge in [0.15, 0.2) is 5.75 Å². The van der Waals surface area contributed by atoms with Crippen molar-refractivity contribution in [2.45, 2.75) is 6.54 Å². The number of hydrogen-bond donors (Lipinski definition) is 1. The van der Waals surface area contributed by atoms with Crippen LogP contribution in [0, 0.1) is 10.1 Å². The first-order valence-corrected chi connectivity index (χ1v) is 6.70. The van der Waals surface area contributed by atoms with E-state index in [0.717, 1.165) is 10.0 Å². The molecule has 0 aliphatic heterocycles. The fourth-order valence-electron chi connectivity index (χ4n) is 1.79. The van der Waals surface area contributed by atoms with Gasteiger partial charge in [-0.15, -0.1) is 0 Å². The Morgan fingerprint density at radius 1 is 1.30 bits per heavy atom. The summed E-state index contributed by atoms with van der Waals surface area (Å²) in [6.45, 7) is 0.586. The lowest BCUT2D eigenvalue weighted by Crippen LogP contribution is -2.01. The third-order valence-corrected chi connectivity index (χ3v) is 3.25. The summed E-state index contributed by atoms with van der Waals surface area (Å²) in [7, 11) is 1.41. The number of nitrogens with zero attached hydrogens (tertiary/aromatic N) is 1. The van der Waals surface area contributed by atoms with E-state index in [1.807, 2.05) is 24.3 Å². The highest BCUT2D eigenvalue weighted by molar-refractivity contribution is 9.10. The van der Waals surface area contributed by atoms with E-state index < -0.39 is 4.92 Å². The van der Waals surface area contributed by atoms with Gasteiger partial charge in [0.25, 0.3) is 0 Å². The molecule has 2 aromatic carbocycles. The Balaban J connectivity index is 2.14. The molecule has 20 heavy (non-hydrogen) atoms. The van der Waals surface area contributed by atoms with Gasteiger partial charge >= 0.3 is 5.69 Å². The summed E-state index contributed by atoms with van der Waals surface area (Å²) >= 11 is 3.40. The van der Waals surface area contributed by atoms with Gasteiger partial charge in [0, 0.05) is 22.8 Å². The van der Waals surface area contributed by atoms with Gasteiger partial charge < -0.3 is 10.1 Å². The van der Waals surface area contributed by atoms with Crippen molar-refractivity contribution in [1.29, 1.82) is 0 Å². The van der Waals surface area contributed by atoms with Crippen LogP contribution in [0.1, 0.15) is 5.56 Å². The zero-order valence-corrected chi connectivity index (χ0v) is 12.4. The Morgan fingerprint density at radius 3 is 2.75 bits per heavy atom. The molecule has 6 heteroatoms. The number of methoxy groups -OCH3 is 1. The molecule has 0 saturated heterocycles. The Labute approximate surface area is 124 Å². The lowest BCUT2D eigenvalue weighted by molar-refractivity contribution is -0.385. The molecule has 0 saturated carbocycles. The smallest absolute Gasteiger partial charge is 0.312 e. The predicted molar refractivity (Wildman–Crippen MR) is 81.1 cm³/mol. The molecular weight excluding hydrogens is 324 g/mol. The number of rotatable bonds is 5. The minimum Gasteiger partial charge on any atom is -0.490 e. The van der Waals surface area contributed by atoms with E-state index in [0.29, 0.717) is 12.2 Å². The maximum absolute atomic E-state index is 10.9. The molecule has 0 heterocycles. The van der Waals surface area contributed by atoms with E-state index in [-0.39, 0.29) is 11.4 Å². The van der Waals surface area contributed by atoms with Gasteiger partial charge in [-0.25, -0.2) is 0 Å². The molecule has 0 fully saturated rings. The standard InChI is InChI=1S/C14H13BrN2O3/c1-20-14-6-5-12(8-13(14)17(18)19)16-9-10-3-2-4-11(15)7-10/h2-8,16H,9H2,1H3. The number of halogens is 1. The zero-order chi connectivity index (χ0) is 14.5. The number of nitro benzene ring substituents is 1. The second kappa shape index (κ2) is 6.38. The maximum Gasteiger partial charge on any atom is 0.312 e. The summed E-state index contributed by atoms with van der Waals surface area (Å²) in [6.07, 6.45) is 0. The van der Waals surface area contributed by atoms with E-state index >= 15 is 0 Å². The summed E-state index contributed by atoms with van der Waals surface area (Å²) in [6, 6.07) is 12.7. The van der Waals surface area contributed by atoms with E-state index in [1.165, 1.54) is 13.2 Å². The zero-order valence-electron chi connectivity index (χ0n) is 10.8. The molecule has 104 valence electrons. The van der Waals surface area contributed by atoms with E-state index in [2.05, 4.69) is 21.2 Å². The Bertz CT molecular complexity index is 632. The average Bonchev–Trinajstić information content (AvgIpc) is 2.45. The first-order chi connectivity index (χ1) is 9.60. The lowest BCUT2D eigenvalue weighted by Gasteiger charge is -2.08. The summed E-state index contributed by atoms with van der Waals surface area (Å²) in [5, 5.41) is 14.1. The minimum atomic E-state index is -0.455. The molecule has 1 N–H and O–H groups in total. The third-order valence-electron chi connectivity index (χ3n) is 2.76. The molecule has 0 unspecified atom stereocenters. The van der Waals surface area contributed by atoms with Gasteiger partial charge in [-0.2, -0.15) is 0 Å². The number of anilines is 1. The predicted octanol–water partition coefficient (Wildman–Crippen LogP) is 3.98. The van der Waals surface area contributed by atoms with Crippen LogP contribution in [-0.2, 0) is 6.54 Å². The summed E-state index contributed by atoms with van der Waals surface area (Å²) in [4.78, 5) is 10.5. The summed E-state index contributed by atoms with van der Waals surface area (Å²) < 4.78 is 5.96. The maximum atomic E-state index is 10.9. The lowest BCUT2D eigenvalue weighted by atomic mass is 10.2. The largest absolute Gasteiger partial charge is 0.490 e. The van der Waals surface area contributed by atoms with Crippen LogP contribution in [0.5, 0.6) is 5.75 Å². The van der Waals surface area contributed by atoms with Gasteiger partial charge in [-0.05, 0) is 29.8 Å². The van der Waals surface area contributed by atoms with Gasteiger partial charge in [0.2, 0.25) is 0 Å². The third kappa shape index (κ3) is 3.48. The number of benzene rings is 2. The molecule has 0 radical (unpaired) electrons. The fourth-order valence-corrected chi connectivity index (χ4v) is 2.24. The monoisotopic (exact) mass is 336 g/mol. The van der Waals surface area contributed by atoms with Gasteiger partial charge in [0.1, 0.15) is 0 Å². The Morgan fingerprint density at radius 2 is 2.10 bits per heavy atom. The van der Waals surface area contributed by atoms with Crippen LogP contribution in [-0.4, -0.2) is 12.0 Å².